The van der Waals surface area contributed by atoms with Gasteiger partial charge >= 0.3 is 0 Å². The van der Waals surface area contributed by atoms with Crippen LogP contribution < -0.4 is 4.90 Å². The van der Waals surface area contributed by atoms with Gasteiger partial charge in [-0.15, -0.1) is 0 Å². The lowest BCUT2D eigenvalue weighted by Crippen LogP contribution is -2.37. The summed E-state index contributed by atoms with van der Waals surface area (Å²) < 4.78 is 0. The molecular weight excluding hydrogens is 214 g/mol. The standard InChI is InChI=1S/C13H19N3O/c1-10-4-5-13(14-8-10)16-7-6-12(9-16)15(3)11(2)17/h4-5,8,12H,6-7,9H2,1-3H3/t12-/m1/s1. The van der Waals surface area contributed by atoms with Gasteiger partial charge in [0.2, 0.25) is 5.91 Å². The number of carbonyl (C=O) groups is 1. The first kappa shape index (κ1) is 11.9. The number of amides is 1. The minimum atomic E-state index is 0.133. The Hall–Kier alpha value is -1.58. The molecule has 4 nitrogen and oxygen atoms in total. The van der Waals surface area contributed by atoms with Crippen LogP contribution in [0.5, 0.6) is 0 Å². The highest BCUT2D eigenvalue weighted by molar-refractivity contribution is 5.73. The second-order valence-electron chi connectivity index (χ2n) is 4.71. The summed E-state index contributed by atoms with van der Waals surface area (Å²) in [6.45, 7) is 5.50. The zero-order chi connectivity index (χ0) is 12.4. The van der Waals surface area contributed by atoms with Crippen LogP contribution in [0.1, 0.15) is 18.9 Å². The van der Waals surface area contributed by atoms with E-state index in [1.807, 2.05) is 31.1 Å². The van der Waals surface area contributed by atoms with E-state index >= 15 is 0 Å². The van der Waals surface area contributed by atoms with Crippen molar-refractivity contribution < 1.29 is 4.79 Å². The Balaban J connectivity index is 2.02. The lowest BCUT2D eigenvalue weighted by atomic mass is 10.2. The van der Waals surface area contributed by atoms with Crippen LogP contribution in [-0.2, 0) is 4.79 Å². The Morgan fingerprint density at radius 2 is 2.29 bits per heavy atom. The van der Waals surface area contributed by atoms with Gasteiger partial charge in [-0.05, 0) is 25.0 Å². The largest absolute Gasteiger partial charge is 0.354 e. The molecule has 0 aromatic carbocycles. The third-order valence-electron chi connectivity index (χ3n) is 3.43. The number of rotatable bonds is 2. The topological polar surface area (TPSA) is 36.4 Å². The van der Waals surface area contributed by atoms with E-state index in [0.29, 0.717) is 6.04 Å². The van der Waals surface area contributed by atoms with E-state index in [-0.39, 0.29) is 5.91 Å². The van der Waals surface area contributed by atoms with Crippen molar-refractivity contribution in [2.45, 2.75) is 26.3 Å². The summed E-state index contributed by atoms with van der Waals surface area (Å²) >= 11 is 0. The minimum Gasteiger partial charge on any atom is -0.354 e. The molecule has 17 heavy (non-hydrogen) atoms. The van der Waals surface area contributed by atoms with E-state index in [1.165, 1.54) is 5.56 Å². The Bertz CT molecular complexity index is 402. The predicted molar refractivity (Wildman–Crippen MR) is 68.0 cm³/mol. The molecule has 0 bridgehead atoms. The van der Waals surface area contributed by atoms with Crippen LogP contribution in [0.4, 0.5) is 5.82 Å². The molecule has 0 unspecified atom stereocenters. The van der Waals surface area contributed by atoms with E-state index in [1.54, 1.807) is 6.92 Å². The molecule has 0 radical (unpaired) electrons. The molecule has 0 N–H and O–H groups in total. The molecule has 2 heterocycles. The molecule has 0 aliphatic carbocycles. The van der Waals surface area contributed by atoms with Gasteiger partial charge in [0.1, 0.15) is 5.82 Å². The van der Waals surface area contributed by atoms with Crippen molar-refractivity contribution in [1.82, 2.24) is 9.88 Å². The van der Waals surface area contributed by atoms with Crippen LogP contribution in [0.15, 0.2) is 18.3 Å². The van der Waals surface area contributed by atoms with Gasteiger partial charge in [-0.3, -0.25) is 4.79 Å². The second-order valence-corrected chi connectivity index (χ2v) is 4.71. The summed E-state index contributed by atoms with van der Waals surface area (Å²) in [5.41, 5.74) is 1.17. The van der Waals surface area contributed by atoms with Crippen molar-refractivity contribution in [3.05, 3.63) is 23.9 Å². The first-order valence-electron chi connectivity index (χ1n) is 5.99. The van der Waals surface area contributed by atoms with E-state index < -0.39 is 0 Å². The Morgan fingerprint density at radius 3 is 2.88 bits per heavy atom. The highest BCUT2D eigenvalue weighted by Crippen LogP contribution is 2.20. The van der Waals surface area contributed by atoms with E-state index in [0.717, 1.165) is 25.3 Å². The number of likely N-dealkylation sites (N-methyl/N-ethyl adjacent to an activating group) is 1. The van der Waals surface area contributed by atoms with Crippen LogP contribution >= 0.6 is 0 Å². The maximum absolute atomic E-state index is 11.3. The van der Waals surface area contributed by atoms with Crippen LogP contribution in [0.25, 0.3) is 0 Å². The number of aromatic nitrogens is 1. The maximum atomic E-state index is 11.3. The summed E-state index contributed by atoms with van der Waals surface area (Å²) in [5.74, 6) is 1.14. The molecule has 2 rings (SSSR count). The first-order valence-corrected chi connectivity index (χ1v) is 5.99. The number of pyridine rings is 1. The van der Waals surface area contributed by atoms with Gasteiger partial charge in [0, 0.05) is 33.3 Å². The van der Waals surface area contributed by atoms with E-state index in [9.17, 15) is 4.79 Å². The minimum absolute atomic E-state index is 0.133. The number of hydrogen-bond acceptors (Lipinski definition) is 3. The summed E-state index contributed by atoms with van der Waals surface area (Å²) in [4.78, 5) is 19.8. The highest BCUT2D eigenvalue weighted by atomic mass is 16.2. The van der Waals surface area contributed by atoms with Crippen LogP contribution in [0, 0.1) is 6.92 Å². The molecule has 4 heteroatoms. The summed E-state index contributed by atoms with van der Waals surface area (Å²) in [5, 5.41) is 0. The summed E-state index contributed by atoms with van der Waals surface area (Å²) in [6.07, 6.45) is 2.91. The number of carbonyl (C=O) groups excluding carboxylic acids is 1. The van der Waals surface area contributed by atoms with Crippen molar-refractivity contribution in [1.29, 1.82) is 0 Å². The molecule has 1 saturated heterocycles. The van der Waals surface area contributed by atoms with Gasteiger partial charge in [0.15, 0.2) is 0 Å². The summed E-state index contributed by atoms with van der Waals surface area (Å²) in [6, 6.07) is 4.44. The van der Waals surface area contributed by atoms with Crippen molar-refractivity contribution in [3.8, 4) is 0 Å². The molecule has 1 aromatic heterocycles. The van der Waals surface area contributed by atoms with Gasteiger partial charge in [-0.1, -0.05) is 6.07 Å². The van der Waals surface area contributed by atoms with Gasteiger partial charge in [0.05, 0.1) is 6.04 Å². The second kappa shape index (κ2) is 4.73. The van der Waals surface area contributed by atoms with E-state index in [4.69, 9.17) is 0 Å². The molecule has 0 saturated carbocycles. The number of aryl methyl sites for hydroxylation is 1. The lowest BCUT2D eigenvalue weighted by molar-refractivity contribution is -0.129. The monoisotopic (exact) mass is 233 g/mol. The van der Waals surface area contributed by atoms with Crippen molar-refractivity contribution in [3.63, 3.8) is 0 Å². The smallest absolute Gasteiger partial charge is 0.219 e. The van der Waals surface area contributed by atoms with Crippen molar-refractivity contribution in [2.75, 3.05) is 25.0 Å². The Morgan fingerprint density at radius 1 is 1.53 bits per heavy atom. The van der Waals surface area contributed by atoms with Gasteiger partial charge < -0.3 is 9.80 Å². The molecular formula is C13H19N3O. The number of hydrogen-bond donors (Lipinski definition) is 0. The van der Waals surface area contributed by atoms with Crippen LogP contribution in [-0.4, -0.2) is 42.0 Å². The number of nitrogens with zero attached hydrogens (tertiary/aromatic N) is 3. The van der Waals surface area contributed by atoms with Crippen molar-refractivity contribution >= 4 is 11.7 Å². The summed E-state index contributed by atoms with van der Waals surface area (Å²) in [7, 11) is 1.87. The average molecular weight is 233 g/mol. The zero-order valence-corrected chi connectivity index (χ0v) is 10.7. The van der Waals surface area contributed by atoms with Crippen LogP contribution in [0.3, 0.4) is 0 Å². The fourth-order valence-corrected chi connectivity index (χ4v) is 2.17. The Kier molecular flexibility index (Phi) is 3.31. The Labute approximate surface area is 102 Å². The van der Waals surface area contributed by atoms with Gasteiger partial charge in [-0.25, -0.2) is 4.98 Å². The SMILES string of the molecule is CC(=O)N(C)[C@@H]1CCN(c2ccc(C)cn2)C1. The average Bonchev–Trinajstić information content (AvgIpc) is 2.78. The highest BCUT2D eigenvalue weighted by Gasteiger charge is 2.27. The van der Waals surface area contributed by atoms with Crippen LogP contribution in [0.2, 0.25) is 0 Å². The molecule has 1 aromatic rings. The van der Waals surface area contributed by atoms with Gasteiger partial charge in [0.25, 0.3) is 0 Å². The zero-order valence-electron chi connectivity index (χ0n) is 10.7. The molecule has 1 atom stereocenters. The molecule has 92 valence electrons. The van der Waals surface area contributed by atoms with Crippen molar-refractivity contribution in [2.24, 2.45) is 0 Å². The normalized spacial score (nSPS) is 19.5. The lowest BCUT2D eigenvalue weighted by Gasteiger charge is -2.23. The van der Waals surface area contributed by atoms with E-state index in [2.05, 4.69) is 16.0 Å². The van der Waals surface area contributed by atoms with Gasteiger partial charge in [-0.2, -0.15) is 0 Å². The maximum Gasteiger partial charge on any atom is 0.219 e. The fraction of sp³-hybridized carbons (Fsp3) is 0.538. The molecule has 1 aliphatic rings. The predicted octanol–water partition coefficient (Wildman–Crippen LogP) is 1.45. The first-order chi connectivity index (χ1) is 8.08. The fourth-order valence-electron chi connectivity index (χ4n) is 2.17. The molecule has 1 amide bonds. The molecule has 1 fully saturated rings. The quantitative estimate of drug-likeness (QED) is 0.775. The third-order valence-corrected chi connectivity index (χ3v) is 3.43. The molecule has 0 spiro atoms. The molecule has 1 aliphatic heterocycles. The number of anilines is 1. The third kappa shape index (κ3) is 2.57.